The molecule has 0 amide bonds. The van der Waals surface area contributed by atoms with E-state index < -0.39 is 0 Å². The number of aromatic nitrogens is 1. The van der Waals surface area contributed by atoms with Crippen LogP contribution in [0.4, 0.5) is 0 Å². The van der Waals surface area contributed by atoms with Crippen LogP contribution in [0.2, 0.25) is 0 Å². The van der Waals surface area contributed by atoms with E-state index in [1.54, 1.807) is 19.1 Å². The molecule has 1 N–H and O–H groups in total. The third-order valence-electron chi connectivity index (χ3n) is 1.43. The molecule has 1 heterocycles. The zero-order chi connectivity index (χ0) is 8.27. The summed E-state index contributed by atoms with van der Waals surface area (Å²) >= 11 is 0. The van der Waals surface area contributed by atoms with Gasteiger partial charge in [0.1, 0.15) is 6.07 Å². The first-order chi connectivity index (χ1) is 5.27. The molecule has 0 saturated carbocycles. The van der Waals surface area contributed by atoms with Gasteiger partial charge in [0, 0.05) is 0 Å². The van der Waals surface area contributed by atoms with Gasteiger partial charge in [-0.3, -0.25) is 4.98 Å². The summed E-state index contributed by atoms with van der Waals surface area (Å²) < 4.78 is 0. The lowest BCUT2D eigenvalue weighted by Crippen LogP contribution is -1.93. The molecule has 0 spiro atoms. The highest BCUT2D eigenvalue weighted by molar-refractivity contribution is 5.33. The Bertz CT molecular complexity index is 301. The van der Waals surface area contributed by atoms with Crippen molar-refractivity contribution in [2.24, 2.45) is 0 Å². The molecule has 0 aliphatic heterocycles. The molecule has 0 atom stereocenters. The lowest BCUT2D eigenvalue weighted by atomic mass is 10.2. The maximum absolute atomic E-state index is 8.68. The second kappa shape index (κ2) is 3.13. The normalized spacial score (nSPS) is 9.18. The fourth-order valence-electron chi connectivity index (χ4n) is 0.819. The van der Waals surface area contributed by atoms with Gasteiger partial charge in [-0.2, -0.15) is 5.26 Å². The molecule has 0 bridgehead atoms. The molecule has 0 aromatic carbocycles. The van der Waals surface area contributed by atoms with Crippen molar-refractivity contribution in [2.45, 2.75) is 13.5 Å². The minimum Gasteiger partial charge on any atom is -0.390 e. The number of aliphatic hydroxyl groups is 1. The van der Waals surface area contributed by atoms with Gasteiger partial charge in [-0.05, 0) is 19.1 Å². The van der Waals surface area contributed by atoms with Crippen molar-refractivity contribution in [1.82, 2.24) is 4.98 Å². The van der Waals surface area contributed by atoms with Gasteiger partial charge in [0.2, 0.25) is 0 Å². The van der Waals surface area contributed by atoms with Crippen molar-refractivity contribution in [3.8, 4) is 6.07 Å². The van der Waals surface area contributed by atoms with Crippen LogP contribution in [-0.4, -0.2) is 10.1 Å². The monoisotopic (exact) mass is 148 g/mol. The van der Waals surface area contributed by atoms with Gasteiger partial charge in [0.05, 0.1) is 23.6 Å². The summed E-state index contributed by atoms with van der Waals surface area (Å²) in [7, 11) is 0. The van der Waals surface area contributed by atoms with Crippen LogP contribution in [0.3, 0.4) is 0 Å². The van der Waals surface area contributed by atoms with E-state index >= 15 is 0 Å². The highest BCUT2D eigenvalue weighted by Crippen LogP contribution is 2.04. The first-order valence-electron chi connectivity index (χ1n) is 3.25. The third-order valence-corrected chi connectivity index (χ3v) is 1.43. The summed E-state index contributed by atoms with van der Waals surface area (Å²) in [5.74, 6) is 0. The summed E-state index contributed by atoms with van der Waals surface area (Å²) in [5, 5.41) is 17.2. The van der Waals surface area contributed by atoms with Crippen LogP contribution in [0, 0.1) is 18.3 Å². The summed E-state index contributed by atoms with van der Waals surface area (Å²) in [5.41, 5.74) is 1.82. The van der Waals surface area contributed by atoms with Gasteiger partial charge >= 0.3 is 0 Å². The van der Waals surface area contributed by atoms with Crippen LogP contribution in [-0.2, 0) is 6.61 Å². The molecule has 0 saturated heterocycles. The number of aliphatic hydroxyl groups excluding tert-OH is 1. The number of hydrogen-bond donors (Lipinski definition) is 1. The number of pyridine rings is 1. The molecule has 1 rings (SSSR count). The van der Waals surface area contributed by atoms with Crippen molar-refractivity contribution in [2.75, 3.05) is 0 Å². The van der Waals surface area contributed by atoms with E-state index in [0.717, 1.165) is 0 Å². The zero-order valence-corrected chi connectivity index (χ0v) is 6.20. The van der Waals surface area contributed by atoms with Crippen molar-refractivity contribution in [1.29, 1.82) is 5.26 Å². The first kappa shape index (κ1) is 7.70. The molecule has 0 aliphatic rings. The molecule has 3 heteroatoms. The van der Waals surface area contributed by atoms with Gasteiger partial charge < -0.3 is 5.11 Å². The van der Waals surface area contributed by atoms with Gasteiger partial charge in [-0.15, -0.1) is 0 Å². The Hall–Kier alpha value is -1.40. The van der Waals surface area contributed by atoms with E-state index in [9.17, 15) is 0 Å². The van der Waals surface area contributed by atoms with Gasteiger partial charge in [0.15, 0.2) is 0 Å². The summed E-state index contributed by atoms with van der Waals surface area (Å²) in [4.78, 5) is 3.99. The van der Waals surface area contributed by atoms with Crippen LogP contribution < -0.4 is 0 Å². The van der Waals surface area contributed by atoms with E-state index in [4.69, 9.17) is 10.4 Å². The van der Waals surface area contributed by atoms with E-state index in [1.807, 2.05) is 6.07 Å². The largest absolute Gasteiger partial charge is 0.390 e. The maximum Gasteiger partial charge on any atom is 0.101 e. The second-order valence-corrected chi connectivity index (χ2v) is 2.21. The molecular weight excluding hydrogens is 140 g/mol. The molecule has 1 aromatic heterocycles. The van der Waals surface area contributed by atoms with E-state index in [2.05, 4.69) is 4.98 Å². The van der Waals surface area contributed by atoms with Gasteiger partial charge in [-0.1, -0.05) is 0 Å². The Labute approximate surface area is 64.9 Å². The SMILES string of the molecule is Cc1nc(CO)ccc1C#N. The highest BCUT2D eigenvalue weighted by Gasteiger charge is 1.98. The number of hydrogen-bond acceptors (Lipinski definition) is 3. The minimum absolute atomic E-state index is 0.0768. The quantitative estimate of drug-likeness (QED) is 0.639. The highest BCUT2D eigenvalue weighted by atomic mass is 16.3. The first-order valence-corrected chi connectivity index (χ1v) is 3.25. The molecule has 0 fully saturated rings. The fraction of sp³-hybridized carbons (Fsp3) is 0.250. The fourth-order valence-corrected chi connectivity index (χ4v) is 0.819. The molecule has 3 nitrogen and oxygen atoms in total. The summed E-state index contributed by atoms with van der Waals surface area (Å²) in [6, 6.07) is 5.31. The lowest BCUT2D eigenvalue weighted by molar-refractivity contribution is 0.276. The summed E-state index contributed by atoms with van der Waals surface area (Å²) in [6.07, 6.45) is 0. The van der Waals surface area contributed by atoms with Crippen molar-refractivity contribution in [3.63, 3.8) is 0 Å². The Kier molecular flexibility index (Phi) is 2.19. The Morgan fingerprint density at radius 3 is 2.82 bits per heavy atom. The van der Waals surface area contributed by atoms with Crippen LogP contribution in [0.25, 0.3) is 0 Å². The summed E-state index contributed by atoms with van der Waals surface area (Å²) in [6.45, 7) is 1.67. The Morgan fingerprint density at radius 2 is 2.36 bits per heavy atom. The average molecular weight is 148 g/mol. The molecule has 0 radical (unpaired) electrons. The molecule has 56 valence electrons. The zero-order valence-electron chi connectivity index (χ0n) is 6.20. The van der Waals surface area contributed by atoms with Crippen molar-refractivity contribution >= 4 is 0 Å². The van der Waals surface area contributed by atoms with Crippen molar-refractivity contribution in [3.05, 3.63) is 29.1 Å². The molecule has 0 aliphatic carbocycles. The molecule has 0 unspecified atom stereocenters. The molecular formula is C8H8N2O. The predicted octanol–water partition coefficient (Wildman–Crippen LogP) is 0.754. The Morgan fingerprint density at radius 1 is 1.64 bits per heavy atom. The van der Waals surface area contributed by atoms with Gasteiger partial charge in [0.25, 0.3) is 0 Å². The smallest absolute Gasteiger partial charge is 0.101 e. The molecule has 1 aromatic rings. The maximum atomic E-state index is 8.68. The third kappa shape index (κ3) is 1.54. The van der Waals surface area contributed by atoms with E-state index in [1.165, 1.54) is 0 Å². The van der Waals surface area contributed by atoms with Crippen molar-refractivity contribution < 1.29 is 5.11 Å². The van der Waals surface area contributed by atoms with E-state index in [0.29, 0.717) is 17.0 Å². The lowest BCUT2D eigenvalue weighted by Gasteiger charge is -1.97. The van der Waals surface area contributed by atoms with Crippen LogP contribution in [0.15, 0.2) is 12.1 Å². The Balaban J connectivity index is 3.12. The van der Waals surface area contributed by atoms with Gasteiger partial charge in [-0.25, -0.2) is 0 Å². The topological polar surface area (TPSA) is 56.9 Å². The number of nitriles is 1. The average Bonchev–Trinajstić information content (AvgIpc) is 2.04. The standard InChI is InChI=1S/C8H8N2O/c1-6-7(4-9)2-3-8(5-11)10-6/h2-3,11H,5H2,1H3. The van der Waals surface area contributed by atoms with Crippen LogP contribution in [0.1, 0.15) is 17.0 Å². The predicted molar refractivity (Wildman–Crippen MR) is 39.6 cm³/mol. The van der Waals surface area contributed by atoms with Crippen LogP contribution in [0.5, 0.6) is 0 Å². The minimum atomic E-state index is -0.0768. The second-order valence-electron chi connectivity index (χ2n) is 2.21. The van der Waals surface area contributed by atoms with Crippen LogP contribution >= 0.6 is 0 Å². The van der Waals surface area contributed by atoms with E-state index in [-0.39, 0.29) is 6.61 Å². The number of rotatable bonds is 1. The number of aryl methyl sites for hydroxylation is 1. The molecule has 11 heavy (non-hydrogen) atoms. The number of nitrogens with zero attached hydrogens (tertiary/aromatic N) is 2.